The van der Waals surface area contributed by atoms with Gasteiger partial charge in [0.25, 0.3) is 0 Å². The third-order valence-corrected chi connectivity index (χ3v) is 5.23. The molecule has 0 aliphatic heterocycles. The van der Waals surface area contributed by atoms with E-state index in [1.807, 2.05) is 27.7 Å². The van der Waals surface area contributed by atoms with Gasteiger partial charge in [0, 0.05) is 19.1 Å². The van der Waals surface area contributed by atoms with E-state index in [9.17, 15) is 8.42 Å². The lowest BCUT2D eigenvalue weighted by atomic mass is 10.2. The summed E-state index contributed by atoms with van der Waals surface area (Å²) in [6.07, 6.45) is 0. The van der Waals surface area contributed by atoms with Crippen LogP contribution >= 0.6 is 0 Å². The molecule has 0 fully saturated rings. The lowest BCUT2D eigenvalue weighted by Crippen LogP contribution is -2.39. The number of benzene rings is 1. The molecule has 120 valence electrons. The van der Waals surface area contributed by atoms with Gasteiger partial charge in [-0.05, 0) is 37.5 Å². The lowest BCUT2D eigenvalue weighted by molar-refractivity contribution is 0.316. The molecule has 21 heavy (non-hydrogen) atoms. The van der Waals surface area contributed by atoms with E-state index in [1.54, 1.807) is 18.2 Å². The van der Waals surface area contributed by atoms with Crippen LogP contribution in [0.25, 0.3) is 0 Å². The molecule has 1 aromatic rings. The van der Waals surface area contributed by atoms with Crippen molar-refractivity contribution in [1.82, 2.24) is 4.31 Å². The van der Waals surface area contributed by atoms with Crippen molar-refractivity contribution >= 4 is 10.0 Å². The first-order chi connectivity index (χ1) is 9.73. The number of nitrogens with zero attached hydrogens (tertiary/aromatic N) is 1. The molecule has 5 nitrogen and oxygen atoms in total. The molecule has 6 heteroatoms. The summed E-state index contributed by atoms with van der Waals surface area (Å²) < 4.78 is 32.7. The molecule has 0 aromatic heterocycles. The molecule has 0 atom stereocenters. The molecule has 0 saturated carbocycles. The van der Waals surface area contributed by atoms with E-state index >= 15 is 0 Å². The molecular weight excluding hydrogens is 288 g/mol. The van der Waals surface area contributed by atoms with Gasteiger partial charge in [0.2, 0.25) is 10.0 Å². The number of rotatable bonds is 7. The summed E-state index contributed by atoms with van der Waals surface area (Å²) in [5.74, 6) is 0.590. The van der Waals surface area contributed by atoms with Crippen LogP contribution in [-0.2, 0) is 16.6 Å². The minimum atomic E-state index is -3.62. The Hall–Kier alpha value is -1.11. The molecule has 0 unspecified atom stereocenters. The molecule has 0 bridgehead atoms. The van der Waals surface area contributed by atoms with Crippen molar-refractivity contribution < 1.29 is 13.2 Å². The Balaban J connectivity index is 3.39. The van der Waals surface area contributed by atoms with Crippen molar-refractivity contribution in [2.45, 2.75) is 45.2 Å². The molecule has 1 aromatic carbocycles. The maximum Gasteiger partial charge on any atom is 0.247 e. The fourth-order valence-electron chi connectivity index (χ4n) is 2.12. The second kappa shape index (κ2) is 7.24. The molecule has 0 heterocycles. The highest BCUT2D eigenvalue weighted by atomic mass is 32.2. The topological polar surface area (TPSA) is 72.6 Å². The van der Waals surface area contributed by atoms with Gasteiger partial charge in [-0.15, -0.1) is 0 Å². The van der Waals surface area contributed by atoms with Crippen LogP contribution in [0.1, 0.15) is 33.3 Å². The van der Waals surface area contributed by atoms with Gasteiger partial charge in [-0.3, -0.25) is 0 Å². The van der Waals surface area contributed by atoms with Crippen molar-refractivity contribution in [2.75, 3.05) is 13.7 Å². The second-order valence-corrected chi connectivity index (χ2v) is 7.61. The first kappa shape index (κ1) is 17.9. The minimum Gasteiger partial charge on any atom is -0.495 e. The van der Waals surface area contributed by atoms with Gasteiger partial charge in [0.1, 0.15) is 10.6 Å². The van der Waals surface area contributed by atoms with Crippen molar-refractivity contribution in [3.63, 3.8) is 0 Å². The van der Waals surface area contributed by atoms with E-state index in [0.717, 1.165) is 5.56 Å². The monoisotopic (exact) mass is 314 g/mol. The van der Waals surface area contributed by atoms with Gasteiger partial charge in [-0.2, -0.15) is 4.31 Å². The Morgan fingerprint density at radius 3 is 2.29 bits per heavy atom. The van der Waals surface area contributed by atoms with Crippen LogP contribution in [0, 0.1) is 5.92 Å². The first-order valence-corrected chi connectivity index (χ1v) is 8.56. The molecule has 0 radical (unpaired) electrons. The fraction of sp³-hybridized carbons (Fsp3) is 0.600. The summed E-state index contributed by atoms with van der Waals surface area (Å²) in [7, 11) is -2.15. The van der Waals surface area contributed by atoms with Crippen molar-refractivity contribution in [3.8, 4) is 5.75 Å². The molecule has 2 N–H and O–H groups in total. The summed E-state index contributed by atoms with van der Waals surface area (Å²) in [4.78, 5) is 0.183. The van der Waals surface area contributed by atoms with Crippen LogP contribution < -0.4 is 10.5 Å². The van der Waals surface area contributed by atoms with Crippen LogP contribution in [0.2, 0.25) is 0 Å². The minimum absolute atomic E-state index is 0.122. The third kappa shape index (κ3) is 4.18. The van der Waals surface area contributed by atoms with Crippen LogP contribution in [0.5, 0.6) is 5.75 Å². The average molecular weight is 314 g/mol. The molecule has 0 amide bonds. The Morgan fingerprint density at radius 1 is 1.24 bits per heavy atom. The number of ether oxygens (including phenoxy) is 1. The Morgan fingerprint density at radius 2 is 1.86 bits per heavy atom. The van der Waals surface area contributed by atoms with E-state index < -0.39 is 10.0 Å². The Bertz CT molecular complexity index is 568. The third-order valence-electron chi connectivity index (χ3n) is 3.17. The van der Waals surface area contributed by atoms with Crippen molar-refractivity contribution in [3.05, 3.63) is 23.8 Å². The summed E-state index contributed by atoms with van der Waals surface area (Å²) in [5.41, 5.74) is 6.39. The van der Waals surface area contributed by atoms with Crippen LogP contribution in [0.3, 0.4) is 0 Å². The zero-order valence-corrected chi connectivity index (χ0v) is 14.3. The number of hydrogen-bond donors (Lipinski definition) is 1. The quantitative estimate of drug-likeness (QED) is 0.837. The number of methoxy groups -OCH3 is 1. The van der Waals surface area contributed by atoms with Crippen LogP contribution in [0.15, 0.2) is 23.1 Å². The normalized spacial score (nSPS) is 12.4. The SMILES string of the molecule is COc1ccc(CN)cc1S(=O)(=O)N(CC(C)C)C(C)C. The number of nitrogens with two attached hydrogens (primary N) is 1. The summed E-state index contributed by atoms with van der Waals surface area (Å²) >= 11 is 0. The fourth-order valence-corrected chi connectivity index (χ4v) is 4.13. The van der Waals surface area contributed by atoms with Gasteiger partial charge in [-0.25, -0.2) is 8.42 Å². The van der Waals surface area contributed by atoms with Gasteiger partial charge in [-0.1, -0.05) is 19.9 Å². The number of sulfonamides is 1. The molecule has 1 rings (SSSR count). The maximum atomic E-state index is 13.0. The Labute approximate surface area is 128 Å². The predicted molar refractivity (Wildman–Crippen MR) is 84.8 cm³/mol. The largest absolute Gasteiger partial charge is 0.495 e. The van der Waals surface area contributed by atoms with E-state index in [-0.39, 0.29) is 16.9 Å². The van der Waals surface area contributed by atoms with Gasteiger partial charge < -0.3 is 10.5 Å². The smallest absolute Gasteiger partial charge is 0.247 e. The zero-order chi connectivity index (χ0) is 16.2. The van der Waals surface area contributed by atoms with E-state index in [2.05, 4.69) is 0 Å². The van der Waals surface area contributed by atoms with Crippen molar-refractivity contribution in [2.24, 2.45) is 11.7 Å². The van der Waals surface area contributed by atoms with Crippen LogP contribution in [0.4, 0.5) is 0 Å². The highest BCUT2D eigenvalue weighted by Crippen LogP contribution is 2.29. The second-order valence-electron chi connectivity index (χ2n) is 5.75. The Kier molecular flexibility index (Phi) is 6.19. The highest BCUT2D eigenvalue weighted by molar-refractivity contribution is 7.89. The predicted octanol–water partition coefficient (Wildman–Crippen LogP) is 2.21. The lowest BCUT2D eigenvalue weighted by Gasteiger charge is -2.28. The van der Waals surface area contributed by atoms with E-state index in [1.165, 1.54) is 11.4 Å². The average Bonchev–Trinajstić information content (AvgIpc) is 2.43. The number of hydrogen-bond acceptors (Lipinski definition) is 4. The van der Waals surface area contributed by atoms with Gasteiger partial charge in [0.15, 0.2) is 0 Å². The molecule has 0 spiro atoms. The summed E-state index contributed by atoms with van der Waals surface area (Å²) in [6, 6.07) is 4.91. The molecular formula is C15H26N2O3S. The van der Waals surface area contributed by atoms with Crippen molar-refractivity contribution in [1.29, 1.82) is 0 Å². The molecule has 0 aliphatic rings. The maximum absolute atomic E-state index is 13.0. The van der Waals surface area contributed by atoms with E-state index in [4.69, 9.17) is 10.5 Å². The first-order valence-electron chi connectivity index (χ1n) is 7.12. The summed E-state index contributed by atoms with van der Waals surface area (Å²) in [6.45, 7) is 8.50. The van der Waals surface area contributed by atoms with Crippen LogP contribution in [-0.4, -0.2) is 32.4 Å². The highest BCUT2D eigenvalue weighted by Gasteiger charge is 2.30. The summed E-state index contributed by atoms with van der Waals surface area (Å²) in [5, 5.41) is 0. The van der Waals surface area contributed by atoms with E-state index in [0.29, 0.717) is 18.8 Å². The van der Waals surface area contributed by atoms with Gasteiger partial charge >= 0.3 is 0 Å². The molecule has 0 aliphatic carbocycles. The molecule has 0 saturated heterocycles. The zero-order valence-electron chi connectivity index (χ0n) is 13.5. The standard InChI is InChI=1S/C15H26N2O3S/c1-11(2)10-17(12(3)4)21(18,19)15-8-13(9-16)6-7-14(15)20-5/h6-8,11-12H,9-10,16H2,1-5H3. The van der Waals surface area contributed by atoms with Gasteiger partial charge in [0.05, 0.1) is 7.11 Å².